The van der Waals surface area contributed by atoms with E-state index in [1.807, 2.05) is 21.3 Å². The summed E-state index contributed by atoms with van der Waals surface area (Å²) in [6, 6.07) is -12.1. The largest absolute Gasteiger partial charge is 0.394 e. The second-order valence-electron chi connectivity index (χ2n) is 13.5. The summed E-state index contributed by atoms with van der Waals surface area (Å²) in [7, 11) is 2.05. The molecule has 1 aliphatic rings. The number of hydrogen-bond donors (Lipinski definition) is 14. The minimum Gasteiger partial charge on any atom is -0.394 e. The third-order valence-corrected chi connectivity index (χ3v) is 8.70. The van der Waals surface area contributed by atoms with Crippen molar-refractivity contribution in [3.05, 3.63) is 11.6 Å². The van der Waals surface area contributed by atoms with Crippen LogP contribution in [0, 0.1) is 5.92 Å². The molecule has 1 fully saturated rings. The number of hydroxylamine groups is 2. The Morgan fingerprint density at radius 1 is 0.814 bits per heavy atom. The van der Waals surface area contributed by atoms with Gasteiger partial charge in [-0.3, -0.25) is 52.8 Å². The molecular formula is C33H54N10O16. The molecular weight excluding hydrogens is 792 g/mol. The molecule has 0 aromatic carbocycles. The van der Waals surface area contributed by atoms with Gasteiger partial charge >= 0.3 is 0 Å². The molecule has 0 bridgehead atoms. The fourth-order valence-corrected chi connectivity index (χ4v) is 4.88. The molecule has 1 rings (SSSR count). The molecule has 10 atom stereocenters. The first-order valence-electron chi connectivity index (χ1n) is 17.9. The highest BCUT2D eigenvalue weighted by Gasteiger charge is 2.41. The maximum absolute atomic E-state index is 13.6. The minimum atomic E-state index is -2.52. The number of nitrogens with one attached hydrogen (secondary N) is 8. The van der Waals surface area contributed by atoms with E-state index in [4.69, 9.17) is 10.6 Å². The van der Waals surface area contributed by atoms with E-state index in [1.165, 1.54) is 33.8 Å². The molecule has 0 spiro atoms. The second-order valence-corrected chi connectivity index (χ2v) is 13.5. The van der Waals surface area contributed by atoms with Gasteiger partial charge in [-0.25, -0.2) is 5.06 Å². The number of carbonyl (C=O) groups excluding carboxylic acids is 10. The number of nitrogens with two attached hydrogens (primary N) is 1. The second kappa shape index (κ2) is 23.6. The number of nitrogens with zero attached hydrogens (tertiary/aromatic N) is 1. The Bertz CT molecular complexity index is 1620. The van der Waals surface area contributed by atoms with Crippen LogP contribution in [-0.2, 0) is 52.8 Å². The summed E-state index contributed by atoms with van der Waals surface area (Å²) in [5, 5.41) is 69.4. The molecule has 0 aromatic rings. The van der Waals surface area contributed by atoms with Gasteiger partial charge in [0.25, 0.3) is 17.7 Å². The van der Waals surface area contributed by atoms with Crippen molar-refractivity contribution < 1.29 is 78.3 Å². The van der Waals surface area contributed by atoms with E-state index in [1.54, 1.807) is 0 Å². The molecule has 0 saturated carbocycles. The lowest BCUT2D eigenvalue weighted by Crippen LogP contribution is -2.66. The molecule has 59 heavy (non-hydrogen) atoms. The lowest BCUT2D eigenvalue weighted by molar-refractivity contribution is -0.173. The lowest BCUT2D eigenvalue weighted by Gasteiger charge is -2.31. The Balaban J connectivity index is 3.91. The number of carbonyl (C=O) groups is 10. The maximum Gasteiger partial charge on any atom is 0.278 e. The van der Waals surface area contributed by atoms with Crippen molar-refractivity contribution in [1.82, 2.24) is 47.6 Å². The zero-order valence-corrected chi connectivity index (χ0v) is 33.3. The number of hydrogen-bond acceptors (Lipinski definition) is 16. The van der Waals surface area contributed by atoms with E-state index < -0.39 is 145 Å². The smallest absolute Gasteiger partial charge is 0.278 e. The van der Waals surface area contributed by atoms with Crippen molar-refractivity contribution >= 4 is 59.1 Å². The Morgan fingerprint density at radius 3 is 1.85 bits per heavy atom. The molecule has 0 radical (unpaired) electrons. The molecule has 10 amide bonds. The van der Waals surface area contributed by atoms with Crippen LogP contribution in [-0.4, -0.2) is 184 Å². The lowest BCUT2D eigenvalue weighted by atomic mass is 9.99. The van der Waals surface area contributed by atoms with E-state index >= 15 is 0 Å². The van der Waals surface area contributed by atoms with Crippen LogP contribution in [0.5, 0.6) is 0 Å². The standard InChI is InChI=1S/C33H54N10O16/c1-8-13(4)25(50)35-9-15-26(51)38-16(11-44)27(52)39-18(12(2)3)30(55)41-20(22(47)23(48)24(34)49)31(56)40-19(14(5)45)29(54)36-10-17(46)28(53)42-21(32(57)37-15)33(58)43(6)59-7/h8,12,14-23,44-48H,9-11H2,1-7H3,(H2,34,49)(H,35,50)(H,36,54)(H,37,57)(H,38,51)(H,39,52)(H,40,56)(H,41,55)(H,42,53)/b13-8-. The van der Waals surface area contributed by atoms with Gasteiger partial charge in [-0.1, -0.05) is 19.9 Å². The van der Waals surface area contributed by atoms with Crippen molar-refractivity contribution in [2.24, 2.45) is 11.7 Å². The monoisotopic (exact) mass is 846 g/mol. The zero-order valence-electron chi connectivity index (χ0n) is 33.3. The average Bonchev–Trinajstić information content (AvgIpc) is 3.19. The SMILES string of the molecule is C/C=C(/C)C(=O)NCC1NC(=O)C(C(=O)N(C)OC)NC(=O)C(O)CNC(=O)C(C(C)O)NC(=O)C(C(O)C(O)C(N)=O)NC(=O)C(C(C)C)NC(=O)C(CO)NC1=O. The van der Waals surface area contributed by atoms with Crippen molar-refractivity contribution in [3.8, 4) is 0 Å². The van der Waals surface area contributed by atoms with Gasteiger partial charge in [-0.05, 0) is 26.7 Å². The van der Waals surface area contributed by atoms with Crippen LogP contribution >= 0.6 is 0 Å². The van der Waals surface area contributed by atoms with Crippen molar-refractivity contribution in [2.45, 2.75) is 95.3 Å². The number of allylic oxidation sites excluding steroid dienone is 1. The van der Waals surface area contributed by atoms with Crippen LogP contribution in [0.15, 0.2) is 11.6 Å². The third kappa shape index (κ3) is 14.8. The molecule has 26 nitrogen and oxygen atoms in total. The highest BCUT2D eigenvalue weighted by atomic mass is 16.7. The maximum atomic E-state index is 13.6. The molecule has 332 valence electrons. The van der Waals surface area contributed by atoms with Crippen LogP contribution < -0.4 is 48.3 Å². The molecule has 10 unspecified atom stereocenters. The third-order valence-electron chi connectivity index (χ3n) is 8.70. The van der Waals surface area contributed by atoms with Gasteiger partial charge in [0.05, 0.1) is 26.4 Å². The van der Waals surface area contributed by atoms with Crippen LogP contribution in [0.1, 0.15) is 34.6 Å². The fraction of sp³-hybridized carbons (Fsp3) is 0.636. The van der Waals surface area contributed by atoms with Crippen LogP contribution in [0.4, 0.5) is 0 Å². The molecule has 1 heterocycles. The molecule has 1 aliphatic heterocycles. The quantitative estimate of drug-likeness (QED) is 0.0522. The summed E-state index contributed by atoms with van der Waals surface area (Å²) in [6.07, 6.45) is -7.67. The van der Waals surface area contributed by atoms with E-state index in [0.717, 1.165) is 21.1 Å². The topological polar surface area (TPSA) is 407 Å². The van der Waals surface area contributed by atoms with Crippen LogP contribution in [0.2, 0.25) is 0 Å². The van der Waals surface area contributed by atoms with Gasteiger partial charge in [0, 0.05) is 19.2 Å². The number of primary amides is 1. The highest BCUT2D eigenvalue weighted by molar-refractivity contribution is 6.08. The number of amides is 10. The summed E-state index contributed by atoms with van der Waals surface area (Å²) in [5.41, 5.74) is 5.24. The van der Waals surface area contributed by atoms with Crippen LogP contribution in [0.3, 0.4) is 0 Å². The number of aliphatic hydroxyl groups is 5. The number of rotatable bonds is 11. The Kier molecular flexibility index (Phi) is 20.5. The summed E-state index contributed by atoms with van der Waals surface area (Å²) in [5.74, 6) is -14.0. The minimum absolute atomic E-state index is 0.167. The van der Waals surface area contributed by atoms with Gasteiger partial charge in [0.2, 0.25) is 41.4 Å². The summed E-state index contributed by atoms with van der Waals surface area (Å²) in [4.78, 5) is 136. The number of likely N-dealkylation sites (N-methyl/N-ethyl adjacent to an activating group) is 1. The number of aliphatic hydroxyl groups excluding tert-OH is 5. The van der Waals surface area contributed by atoms with E-state index in [9.17, 15) is 73.5 Å². The Labute approximate surface area is 337 Å². The molecule has 0 aliphatic carbocycles. The molecule has 1 saturated heterocycles. The van der Waals surface area contributed by atoms with Gasteiger partial charge in [0.15, 0.2) is 12.1 Å². The predicted molar refractivity (Wildman–Crippen MR) is 198 cm³/mol. The highest BCUT2D eigenvalue weighted by Crippen LogP contribution is 2.09. The average molecular weight is 847 g/mol. The summed E-state index contributed by atoms with van der Waals surface area (Å²) < 4.78 is 0. The van der Waals surface area contributed by atoms with Gasteiger partial charge in [-0.2, -0.15) is 0 Å². The van der Waals surface area contributed by atoms with Crippen molar-refractivity contribution in [1.29, 1.82) is 0 Å². The van der Waals surface area contributed by atoms with Crippen molar-refractivity contribution in [2.75, 3.05) is 33.9 Å². The van der Waals surface area contributed by atoms with Gasteiger partial charge in [-0.15, -0.1) is 0 Å². The molecule has 26 heteroatoms. The number of β-amino-alcohol motifs (C(OH)–C–C–N with tert-alkyl or cyclic N) is 1. The fourth-order valence-electron chi connectivity index (χ4n) is 4.88. The molecule has 15 N–H and O–H groups in total. The molecule has 0 aromatic heterocycles. The van der Waals surface area contributed by atoms with Gasteiger partial charge in [0.1, 0.15) is 42.4 Å². The first-order chi connectivity index (χ1) is 27.4. The zero-order chi connectivity index (χ0) is 45.5. The van der Waals surface area contributed by atoms with E-state index in [-0.39, 0.29) is 5.57 Å². The summed E-state index contributed by atoms with van der Waals surface area (Å²) >= 11 is 0. The Hall–Kier alpha value is -5.80. The van der Waals surface area contributed by atoms with Crippen LogP contribution in [0.25, 0.3) is 0 Å². The summed E-state index contributed by atoms with van der Waals surface area (Å²) in [6.45, 7) is 3.85. The van der Waals surface area contributed by atoms with Gasteiger partial charge < -0.3 is 73.8 Å². The predicted octanol–water partition coefficient (Wildman–Crippen LogP) is -9.28. The van der Waals surface area contributed by atoms with E-state index in [2.05, 4.69) is 21.3 Å². The van der Waals surface area contributed by atoms with E-state index in [0.29, 0.717) is 5.06 Å². The normalized spacial score (nSPS) is 26.4. The first-order valence-corrected chi connectivity index (χ1v) is 17.9. The van der Waals surface area contributed by atoms with Crippen molar-refractivity contribution in [3.63, 3.8) is 0 Å². The first kappa shape index (κ1) is 51.2. The Morgan fingerprint density at radius 2 is 1.34 bits per heavy atom.